The van der Waals surface area contributed by atoms with Crippen molar-refractivity contribution in [3.8, 4) is 0 Å². The number of hydrogen-bond donors (Lipinski definition) is 2. The van der Waals surface area contributed by atoms with E-state index in [4.69, 9.17) is 4.98 Å². The summed E-state index contributed by atoms with van der Waals surface area (Å²) >= 11 is 0. The Morgan fingerprint density at radius 3 is 1.17 bits per heavy atom. The molecule has 0 fully saturated rings. The molecule has 2 unspecified atom stereocenters. The van der Waals surface area contributed by atoms with Crippen molar-refractivity contribution in [1.82, 2.24) is 9.88 Å². The molecule has 46 heavy (non-hydrogen) atoms. The van der Waals surface area contributed by atoms with E-state index in [9.17, 15) is 0 Å². The van der Waals surface area contributed by atoms with Gasteiger partial charge in [-0.05, 0) is 94.9 Å². The Labute approximate surface area is 283 Å². The molecule has 3 aromatic rings. The number of anilines is 2. The minimum Gasteiger partial charge on any atom is -0.381 e. The largest absolute Gasteiger partial charge is 0.381 e. The summed E-state index contributed by atoms with van der Waals surface area (Å²) in [6.45, 7) is 35.1. The molecular formula is C42H66N4. The van der Waals surface area contributed by atoms with E-state index in [0.29, 0.717) is 35.5 Å². The van der Waals surface area contributed by atoms with Crippen LogP contribution in [0.4, 0.5) is 11.4 Å². The molecular weight excluding hydrogens is 560 g/mol. The maximum Gasteiger partial charge on any atom is 0.0543 e. The van der Waals surface area contributed by atoms with Gasteiger partial charge in [0.15, 0.2) is 0 Å². The predicted molar refractivity (Wildman–Crippen MR) is 203 cm³/mol. The molecule has 0 spiro atoms. The number of rotatable bonds is 16. The Morgan fingerprint density at radius 2 is 0.891 bits per heavy atom. The van der Waals surface area contributed by atoms with Crippen molar-refractivity contribution in [3.63, 3.8) is 0 Å². The van der Waals surface area contributed by atoms with Crippen LogP contribution < -0.4 is 10.6 Å². The lowest BCUT2D eigenvalue weighted by atomic mass is 9.87. The molecule has 0 aliphatic heterocycles. The highest BCUT2D eigenvalue weighted by molar-refractivity contribution is 5.63. The number of aromatic nitrogens is 1. The van der Waals surface area contributed by atoms with Crippen LogP contribution in [0.3, 0.4) is 0 Å². The number of pyridine rings is 1. The summed E-state index contributed by atoms with van der Waals surface area (Å²) in [5.41, 5.74) is 12.4. The fourth-order valence-corrected chi connectivity index (χ4v) is 6.53. The lowest BCUT2D eigenvalue weighted by Gasteiger charge is -2.32. The standard InChI is InChI=1S/C42H66N4/c1-26(2)34-19-37(28(5)6)41(38(20-34)29(7)8)44-32(13)23-46(25-36-17-15-16-18-43-36)24-33(14)45-42-39(30(9)10)21-35(27(3)4)22-40(42)31(11)12/h15-22,26-33,44-45H,23-25H2,1-14H3. The quantitative estimate of drug-likeness (QED) is 0.166. The van der Waals surface area contributed by atoms with Gasteiger partial charge in [-0.25, -0.2) is 0 Å². The van der Waals surface area contributed by atoms with E-state index in [1.54, 1.807) is 0 Å². The second-order valence-electron chi connectivity index (χ2n) is 15.7. The summed E-state index contributed by atoms with van der Waals surface area (Å²) in [5, 5.41) is 8.06. The van der Waals surface area contributed by atoms with Crippen LogP contribution in [0.1, 0.15) is 172 Å². The Balaban J connectivity index is 1.93. The van der Waals surface area contributed by atoms with Crippen molar-refractivity contribution >= 4 is 11.4 Å². The average Bonchev–Trinajstić information content (AvgIpc) is 2.96. The first-order valence-electron chi connectivity index (χ1n) is 18.1. The van der Waals surface area contributed by atoms with Crippen LogP contribution in [-0.4, -0.2) is 35.1 Å². The van der Waals surface area contributed by atoms with Crippen LogP contribution in [-0.2, 0) is 6.54 Å². The maximum atomic E-state index is 4.72. The highest BCUT2D eigenvalue weighted by atomic mass is 15.2. The predicted octanol–water partition coefficient (Wildman–Crippen LogP) is 11.6. The van der Waals surface area contributed by atoms with Gasteiger partial charge in [0.25, 0.3) is 0 Å². The van der Waals surface area contributed by atoms with Gasteiger partial charge in [0.1, 0.15) is 0 Å². The van der Waals surface area contributed by atoms with Gasteiger partial charge in [-0.3, -0.25) is 9.88 Å². The molecule has 254 valence electrons. The molecule has 0 saturated carbocycles. The minimum absolute atomic E-state index is 0.263. The Bertz CT molecular complexity index is 1230. The number of nitrogens with zero attached hydrogens (tertiary/aromatic N) is 2. The molecule has 1 aromatic heterocycles. The van der Waals surface area contributed by atoms with Crippen molar-refractivity contribution in [2.75, 3.05) is 23.7 Å². The van der Waals surface area contributed by atoms with Gasteiger partial charge in [0, 0.05) is 49.3 Å². The lowest BCUT2D eigenvalue weighted by molar-refractivity contribution is 0.247. The third kappa shape index (κ3) is 10.1. The van der Waals surface area contributed by atoms with Crippen LogP contribution in [0.5, 0.6) is 0 Å². The Morgan fingerprint density at radius 1 is 0.522 bits per heavy atom. The van der Waals surface area contributed by atoms with Crippen molar-refractivity contribution in [2.24, 2.45) is 0 Å². The van der Waals surface area contributed by atoms with Crippen LogP contribution >= 0.6 is 0 Å². The maximum absolute atomic E-state index is 4.72. The van der Waals surface area contributed by atoms with Gasteiger partial charge < -0.3 is 10.6 Å². The van der Waals surface area contributed by atoms with E-state index in [1.807, 2.05) is 12.3 Å². The van der Waals surface area contributed by atoms with Crippen LogP contribution in [0.15, 0.2) is 48.7 Å². The third-order valence-electron chi connectivity index (χ3n) is 9.22. The molecule has 0 amide bonds. The van der Waals surface area contributed by atoms with Gasteiger partial charge in [-0.1, -0.05) is 113 Å². The van der Waals surface area contributed by atoms with Crippen LogP contribution in [0.2, 0.25) is 0 Å². The molecule has 0 radical (unpaired) electrons. The fraction of sp³-hybridized carbons (Fsp3) is 0.595. The first kappa shape index (κ1) is 37.6. The van der Waals surface area contributed by atoms with Crippen molar-refractivity contribution in [2.45, 2.75) is 151 Å². The zero-order valence-corrected chi connectivity index (χ0v) is 31.8. The summed E-state index contributed by atoms with van der Waals surface area (Å²) in [7, 11) is 0. The first-order valence-corrected chi connectivity index (χ1v) is 18.1. The molecule has 0 saturated heterocycles. The summed E-state index contributed by atoms with van der Waals surface area (Å²) in [6.07, 6.45) is 1.91. The van der Waals surface area contributed by atoms with Gasteiger partial charge in [-0.2, -0.15) is 0 Å². The second-order valence-corrected chi connectivity index (χ2v) is 15.7. The summed E-state index contributed by atoms with van der Waals surface area (Å²) in [5.74, 6) is 2.83. The van der Waals surface area contributed by atoms with E-state index < -0.39 is 0 Å². The summed E-state index contributed by atoms with van der Waals surface area (Å²) < 4.78 is 0. The minimum atomic E-state index is 0.263. The normalized spacial score (nSPS) is 13.6. The van der Waals surface area contributed by atoms with Gasteiger partial charge >= 0.3 is 0 Å². The molecule has 2 N–H and O–H groups in total. The zero-order valence-electron chi connectivity index (χ0n) is 31.8. The van der Waals surface area contributed by atoms with E-state index in [0.717, 1.165) is 25.3 Å². The highest BCUT2D eigenvalue weighted by Gasteiger charge is 2.23. The average molecular weight is 627 g/mol. The lowest BCUT2D eigenvalue weighted by Crippen LogP contribution is -2.41. The zero-order chi connectivity index (χ0) is 34.3. The van der Waals surface area contributed by atoms with Crippen molar-refractivity contribution in [1.29, 1.82) is 0 Å². The van der Waals surface area contributed by atoms with E-state index >= 15 is 0 Å². The van der Waals surface area contributed by atoms with E-state index in [-0.39, 0.29) is 12.1 Å². The molecule has 0 aliphatic carbocycles. The third-order valence-corrected chi connectivity index (χ3v) is 9.22. The van der Waals surface area contributed by atoms with Crippen LogP contribution in [0, 0.1) is 0 Å². The molecule has 0 aliphatic rings. The number of benzene rings is 2. The number of hydrogen-bond acceptors (Lipinski definition) is 4. The SMILES string of the molecule is CC(CN(Cc1ccccn1)CC(C)Nc1c(C(C)C)cc(C(C)C)cc1C(C)C)Nc1c(C(C)C)cc(C(C)C)cc1C(C)C. The van der Waals surface area contributed by atoms with E-state index in [1.165, 1.54) is 44.8 Å². The first-order chi connectivity index (χ1) is 21.6. The van der Waals surface area contributed by atoms with Crippen molar-refractivity contribution < 1.29 is 0 Å². The fourth-order valence-electron chi connectivity index (χ4n) is 6.53. The highest BCUT2D eigenvalue weighted by Crippen LogP contribution is 2.38. The molecule has 2 aromatic carbocycles. The molecule has 1 heterocycles. The Kier molecular flexibility index (Phi) is 13.7. The molecule has 0 bridgehead atoms. The van der Waals surface area contributed by atoms with E-state index in [2.05, 4.69) is 149 Å². The second kappa shape index (κ2) is 16.8. The molecule has 4 nitrogen and oxygen atoms in total. The van der Waals surface area contributed by atoms with Gasteiger partial charge in [-0.15, -0.1) is 0 Å². The summed E-state index contributed by atoms with van der Waals surface area (Å²) in [4.78, 5) is 7.30. The monoisotopic (exact) mass is 627 g/mol. The summed E-state index contributed by atoms with van der Waals surface area (Å²) in [6, 6.07) is 16.6. The van der Waals surface area contributed by atoms with Gasteiger partial charge in [0.05, 0.1) is 5.69 Å². The molecule has 3 rings (SSSR count). The molecule has 2 atom stereocenters. The van der Waals surface area contributed by atoms with Crippen LogP contribution in [0.25, 0.3) is 0 Å². The molecule has 4 heteroatoms. The van der Waals surface area contributed by atoms with Crippen molar-refractivity contribution in [3.05, 3.63) is 87.7 Å². The van der Waals surface area contributed by atoms with Gasteiger partial charge in [0.2, 0.25) is 0 Å². The topological polar surface area (TPSA) is 40.2 Å². The number of nitrogens with one attached hydrogen (secondary N) is 2. The smallest absolute Gasteiger partial charge is 0.0543 e. The Hall–Kier alpha value is -2.85.